The van der Waals surface area contributed by atoms with E-state index in [-0.39, 0.29) is 4.32 Å². The van der Waals surface area contributed by atoms with Crippen LogP contribution < -0.4 is 0 Å². The van der Waals surface area contributed by atoms with Gasteiger partial charge in [-0.1, -0.05) is 35.7 Å². The van der Waals surface area contributed by atoms with Crippen molar-refractivity contribution in [1.29, 1.82) is 0 Å². The number of rotatable bonds is 1. The summed E-state index contributed by atoms with van der Waals surface area (Å²) in [6.07, 6.45) is 5.21. The smallest absolute Gasteiger partial charge is 0.0395 e. The van der Waals surface area contributed by atoms with Gasteiger partial charge in [0.25, 0.3) is 0 Å². The Kier molecular flexibility index (Phi) is 3.05. The topological polar surface area (TPSA) is 0 Å². The molecule has 0 spiro atoms. The lowest BCUT2D eigenvalue weighted by atomic mass is 9.83. The van der Waals surface area contributed by atoms with Crippen molar-refractivity contribution in [2.45, 2.75) is 36.9 Å². The van der Waals surface area contributed by atoms with Crippen LogP contribution in [0.4, 0.5) is 0 Å². The second-order valence-electron chi connectivity index (χ2n) is 3.49. The van der Waals surface area contributed by atoms with Crippen LogP contribution in [0.1, 0.15) is 32.6 Å². The average Bonchev–Trinajstić information content (AvgIpc) is 1.88. The quantitative estimate of drug-likeness (QED) is 0.599. The highest BCUT2D eigenvalue weighted by atomic mass is 79.9. The molecule has 60 valence electrons. The maximum Gasteiger partial charge on any atom is 0.0395 e. The van der Waals surface area contributed by atoms with E-state index in [4.69, 9.17) is 11.6 Å². The zero-order chi connectivity index (χ0) is 7.61. The van der Waals surface area contributed by atoms with Gasteiger partial charge in [-0.15, -0.1) is 11.6 Å². The minimum Gasteiger partial charge on any atom is -0.125 e. The summed E-state index contributed by atoms with van der Waals surface area (Å²) in [5, 5.41) is 0. The third-order valence-electron chi connectivity index (χ3n) is 2.28. The molecule has 0 unspecified atom stereocenters. The molecule has 1 fully saturated rings. The largest absolute Gasteiger partial charge is 0.125 e. The van der Waals surface area contributed by atoms with E-state index in [1.54, 1.807) is 0 Å². The van der Waals surface area contributed by atoms with Crippen molar-refractivity contribution in [2.24, 2.45) is 5.92 Å². The Balaban J connectivity index is 2.45. The summed E-state index contributed by atoms with van der Waals surface area (Å²) >= 11 is 9.54. The molecule has 0 radical (unpaired) electrons. The molecule has 0 heterocycles. The zero-order valence-corrected chi connectivity index (χ0v) is 8.71. The van der Waals surface area contributed by atoms with E-state index in [0.717, 1.165) is 11.8 Å². The van der Waals surface area contributed by atoms with E-state index < -0.39 is 0 Å². The van der Waals surface area contributed by atoms with Crippen LogP contribution in [0, 0.1) is 5.92 Å². The molecule has 0 aliphatic heterocycles. The van der Waals surface area contributed by atoms with Crippen LogP contribution in [0.2, 0.25) is 0 Å². The first-order valence-electron chi connectivity index (χ1n) is 3.91. The number of halogens is 2. The Hall–Kier alpha value is 0.770. The van der Waals surface area contributed by atoms with Crippen LogP contribution in [0.15, 0.2) is 0 Å². The van der Waals surface area contributed by atoms with E-state index in [0.29, 0.717) is 0 Å². The van der Waals surface area contributed by atoms with Gasteiger partial charge >= 0.3 is 0 Å². The molecule has 1 aliphatic carbocycles. The van der Waals surface area contributed by atoms with Crippen molar-refractivity contribution in [3.05, 3.63) is 0 Å². The van der Waals surface area contributed by atoms with Crippen molar-refractivity contribution in [1.82, 2.24) is 0 Å². The minimum atomic E-state index is 0.270. The zero-order valence-electron chi connectivity index (χ0n) is 6.37. The molecule has 0 N–H and O–H groups in total. The van der Waals surface area contributed by atoms with Crippen LogP contribution >= 0.6 is 27.5 Å². The summed E-state index contributed by atoms with van der Waals surface area (Å²) < 4.78 is 0.270. The fourth-order valence-corrected chi connectivity index (χ4v) is 2.79. The molecule has 1 saturated carbocycles. The van der Waals surface area contributed by atoms with Gasteiger partial charge in [0.05, 0.1) is 0 Å². The highest BCUT2D eigenvalue weighted by Gasteiger charge is 2.30. The van der Waals surface area contributed by atoms with Crippen molar-refractivity contribution >= 4 is 27.5 Å². The summed E-state index contributed by atoms with van der Waals surface area (Å²) in [5.74, 6) is 1.61. The highest BCUT2D eigenvalue weighted by molar-refractivity contribution is 9.10. The predicted molar refractivity (Wildman–Crippen MR) is 50.0 cm³/mol. The number of hydrogen-bond acceptors (Lipinski definition) is 0. The molecule has 0 aromatic carbocycles. The van der Waals surface area contributed by atoms with E-state index in [2.05, 4.69) is 22.9 Å². The van der Waals surface area contributed by atoms with Crippen molar-refractivity contribution in [3.8, 4) is 0 Å². The lowest BCUT2D eigenvalue weighted by Gasteiger charge is -2.33. The summed E-state index contributed by atoms with van der Waals surface area (Å²) in [4.78, 5) is 0. The van der Waals surface area contributed by atoms with Gasteiger partial charge in [-0.05, 0) is 18.8 Å². The van der Waals surface area contributed by atoms with E-state index in [9.17, 15) is 0 Å². The number of hydrogen-bond donors (Lipinski definition) is 0. The second-order valence-corrected chi connectivity index (χ2v) is 5.44. The van der Waals surface area contributed by atoms with Gasteiger partial charge in [0.2, 0.25) is 0 Å². The Labute approximate surface area is 76.5 Å². The Morgan fingerprint density at radius 1 is 1.70 bits per heavy atom. The first-order chi connectivity index (χ1) is 4.66. The van der Waals surface area contributed by atoms with Gasteiger partial charge in [0.15, 0.2) is 0 Å². The van der Waals surface area contributed by atoms with E-state index >= 15 is 0 Å². The average molecular weight is 226 g/mol. The highest BCUT2D eigenvalue weighted by Crippen LogP contribution is 2.39. The molecule has 0 amide bonds. The summed E-state index contributed by atoms with van der Waals surface area (Å²) in [5.41, 5.74) is 0. The van der Waals surface area contributed by atoms with Crippen molar-refractivity contribution in [2.75, 3.05) is 5.88 Å². The summed E-state index contributed by atoms with van der Waals surface area (Å²) in [6, 6.07) is 0. The maximum absolute atomic E-state index is 5.84. The van der Waals surface area contributed by atoms with Gasteiger partial charge in [0, 0.05) is 10.2 Å². The number of alkyl halides is 2. The minimum absolute atomic E-state index is 0.270. The second kappa shape index (κ2) is 3.44. The Morgan fingerprint density at radius 2 is 2.40 bits per heavy atom. The van der Waals surface area contributed by atoms with Crippen LogP contribution in [0.5, 0.6) is 0 Å². The molecule has 0 bridgehead atoms. The fourth-order valence-electron chi connectivity index (χ4n) is 1.72. The lowest BCUT2D eigenvalue weighted by Crippen LogP contribution is -2.29. The van der Waals surface area contributed by atoms with E-state index in [1.807, 2.05) is 0 Å². The lowest BCUT2D eigenvalue weighted by molar-refractivity contribution is 0.337. The Bertz CT molecular complexity index is 116. The molecular weight excluding hydrogens is 211 g/mol. The molecule has 0 aromatic rings. The molecule has 1 aliphatic rings. The van der Waals surface area contributed by atoms with Crippen LogP contribution in [0.25, 0.3) is 0 Å². The van der Waals surface area contributed by atoms with Gasteiger partial charge in [-0.25, -0.2) is 0 Å². The Morgan fingerprint density at radius 3 is 2.80 bits per heavy atom. The summed E-state index contributed by atoms with van der Waals surface area (Å²) in [7, 11) is 0. The van der Waals surface area contributed by atoms with Crippen molar-refractivity contribution < 1.29 is 0 Å². The standard InChI is InChI=1S/C8H14BrCl/c1-7-3-2-4-8(9,5-7)6-10/h7H,2-6H2,1H3/t7-,8+/m1/s1. The molecule has 2 atom stereocenters. The van der Waals surface area contributed by atoms with Crippen LogP contribution in [-0.4, -0.2) is 10.2 Å². The third-order valence-corrected chi connectivity index (χ3v) is 4.11. The van der Waals surface area contributed by atoms with Crippen molar-refractivity contribution in [3.63, 3.8) is 0 Å². The van der Waals surface area contributed by atoms with Gasteiger partial charge < -0.3 is 0 Å². The van der Waals surface area contributed by atoms with Crippen LogP contribution in [0.3, 0.4) is 0 Å². The predicted octanol–water partition coefficient (Wildman–Crippen LogP) is 3.57. The van der Waals surface area contributed by atoms with Gasteiger partial charge in [0.1, 0.15) is 0 Å². The maximum atomic E-state index is 5.84. The monoisotopic (exact) mass is 224 g/mol. The molecule has 10 heavy (non-hydrogen) atoms. The fraction of sp³-hybridized carbons (Fsp3) is 1.00. The van der Waals surface area contributed by atoms with Gasteiger partial charge in [-0.2, -0.15) is 0 Å². The third kappa shape index (κ3) is 2.13. The molecule has 0 saturated heterocycles. The molecule has 2 heteroatoms. The molecular formula is C8H14BrCl. The summed E-state index contributed by atoms with van der Waals surface area (Å²) in [6.45, 7) is 2.31. The molecule has 0 aromatic heterocycles. The normalized spacial score (nSPS) is 41.7. The first kappa shape index (κ1) is 8.86. The van der Waals surface area contributed by atoms with Crippen LogP contribution in [-0.2, 0) is 0 Å². The SMILES string of the molecule is C[C@@H]1CCC[C@@](Br)(CCl)C1. The molecule has 1 rings (SSSR count). The first-order valence-corrected chi connectivity index (χ1v) is 5.24. The van der Waals surface area contributed by atoms with E-state index in [1.165, 1.54) is 25.7 Å². The van der Waals surface area contributed by atoms with Gasteiger partial charge in [-0.3, -0.25) is 0 Å². The molecule has 0 nitrogen and oxygen atoms in total.